The standard InChI is InChI=1S/C11H14FNO2/c1-8(14)11(13,7-12)6-9-2-4-10(15)5-3-9/h2-5,15H,6-7,13H2,1H3/t11-/m1/s1. The zero-order chi connectivity index (χ0) is 11.5. The Morgan fingerprint density at radius 3 is 2.40 bits per heavy atom. The zero-order valence-electron chi connectivity index (χ0n) is 8.53. The smallest absolute Gasteiger partial charge is 0.152 e. The lowest BCUT2D eigenvalue weighted by Gasteiger charge is -2.22. The van der Waals surface area contributed by atoms with Crippen molar-refractivity contribution in [1.82, 2.24) is 0 Å². The fraction of sp³-hybridized carbons (Fsp3) is 0.364. The molecule has 82 valence electrons. The zero-order valence-corrected chi connectivity index (χ0v) is 8.53. The van der Waals surface area contributed by atoms with E-state index in [1.807, 2.05) is 0 Å². The first-order valence-corrected chi connectivity index (χ1v) is 4.62. The molecule has 15 heavy (non-hydrogen) atoms. The molecule has 0 heterocycles. The van der Waals surface area contributed by atoms with Gasteiger partial charge in [-0.25, -0.2) is 4.39 Å². The summed E-state index contributed by atoms with van der Waals surface area (Å²) in [5.41, 5.74) is 4.90. The molecular formula is C11H14FNO2. The van der Waals surface area contributed by atoms with Crippen LogP contribution < -0.4 is 5.73 Å². The van der Waals surface area contributed by atoms with E-state index >= 15 is 0 Å². The lowest BCUT2D eigenvalue weighted by atomic mass is 9.89. The minimum absolute atomic E-state index is 0.129. The van der Waals surface area contributed by atoms with Gasteiger partial charge in [-0.3, -0.25) is 4.79 Å². The van der Waals surface area contributed by atoms with Gasteiger partial charge in [-0.1, -0.05) is 12.1 Å². The molecule has 0 aliphatic carbocycles. The third-order valence-electron chi connectivity index (χ3n) is 2.40. The van der Waals surface area contributed by atoms with E-state index < -0.39 is 12.2 Å². The first-order valence-electron chi connectivity index (χ1n) is 4.62. The van der Waals surface area contributed by atoms with Crippen molar-refractivity contribution in [2.45, 2.75) is 18.9 Å². The summed E-state index contributed by atoms with van der Waals surface area (Å²) >= 11 is 0. The summed E-state index contributed by atoms with van der Waals surface area (Å²) in [6.07, 6.45) is 0.138. The van der Waals surface area contributed by atoms with Crippen molar-refractivity contribution in [3.63, 3.8) is 0 Å². The molecule has 0 fully saturated rings. The average Bonchev–Trinajstić information content (AvgIpc) is 2.21. The van der Waals surface area contributed by atoms with E-state index in [9.17, 15) is 9.18 Å². The lowest BCUT2D eigenvalue weighted by Crippen LogP contribution is -2.50. The summed E-state index contributed by atoms with van der Waals surface area (Å²) < 4.78 is 12.7. The maximum atomic E-state index is 12.7. The van der Waals surface area contributed by atoms with Crippen molar-refractivity contribution >= 4 is 5.78 Å². The van der Waals surface area contributed by atoms with Gasteiger partial charge in [0.05, 0.1) is 0 Å². The Labute approximate surface area is 87.7 Å². The fourth-order valence-corrected chi connectivity index (χ4v) is 1.24. The highest BCUT2D eigenvalue weighted by Crippen LogP contribution is 2.16. The second-order valence-corrected chi connectivity index (χ2v) is 3.69. The molecule has 0 saturated carbocycles. The first-order chi connectivity index (χ1) is 6.98. The number of rotatable bonds is 4. The number of carbonyl (C=O) groups is 1. The minimum Gasteiger partial charge on any atom is -0.508 e. The second-order valence-electron chi connectivity index (χ2n) is 3.69. The molecule has 0 aromatic heterocycles. The van der Waals surface area contributed by atoms with E-state index in [-0.39, 0.29) is 18.0 Å². The minimum atomic E-state index is -1.45. The molecule has 0 saturated heterocycles. The number of ketones is 1. The molecule has 4 heteroatoms. The third kappa shape index (κ3) is 2.76. The van der Waals surface area contributed by atoms with Gasteiger partial charge in [0.2, 0.25) is 0 Å². The highest BCUT2D eigenvalue weighted by Gasteiger charge is 2.30. The van der Waals surface area contributed by atoms with Crippen LogP contribution in [0.4, 0.5) is 4.39 Å². The SMILES string of the molecule is CC(=O)[C@](N)(CF)Cc1ccc(O)cc1. The van der Waals surface area contributed by atoms with Crippen molar-refractivity contribution in [2.24, 2.45) is 5.73 Å². The van der Waals surface area contributed by atoms with Gasteiger partial charge in [0.25, 0.3) is 0 Å². The Morgan fingerprint density at radius 2 is 2.00 bits per heavy atom. The maximum Gasteiger partial charge on any atom is 0.152 e. The van der Waals surface area contributed by atoms with E-state index in [0.29, 0.717) is 0 Å². The highest BCUT2D eigenvalue weighted by molar-refractivity contribution is 5.86. The van der Waals surface area contributed by atoms with Crippen molar-refractivity contribution < 1.29 is 14.3 Å². The van der Waals surface area contributed by atoms with Crippen LogP contribution in [0.1, 0.15) is 12.5 Å². The molecule has 0 radical (unpaired) electrons. The van der Waals surface area contributed by atoms with E-state index in [2.05, 4.69) is 0 Å². The summed E-state index contributed by atoms with van der Waals surface area (Å²) in [6, 6.07) is 6.20. The summed E-state index contributed by atoms with van der Waals surface area (Å²) in [7, 11) is 0. The van der Waals surface area contributed by atoms with Crippen LogP contribution in [-0.4, -0.2) is 23.1 Å². The molecule has 0 amide bonds. The number of halogens is 1. The Balaban J connectivity index is 2.84. The molecule has 1 atom stereocenters. The monoisotopic (exact) mass is 211 g/mol. The normalized spacial score (nSPS) is 14.6. The molecular weight excluding hydrogens is 197 g/mol. The lowest BCUT2D eigenvalue weighted by molar-refractivity contribution is -0.122. The Hall–Kier alpha value is -1.42. The number of alkyl halides is 1. The molecule has 0 aliphatic rings. The van der Waals surface area contributed by atoms with Gasteiger partial charge >= 0.3 is 0 Å². The van der Waals surface area contributed by atoms with Gasteiger partial charge in [0.15, 0.2) is 5.78 Å². The number of hydrogen-bond donors (Lipinski definition) is 2. The van der Waals surface area contributed by atoms with Crippen LogP contribution in [0.2, 0.25) is 0 Å². The number of benzene rings is 1. The topological polar surface area (TPSA) is 63.3 Å². The quantitative estimate of drug-likeness (QED) is 0.786. The number of hydrogen-bond acceptors (Lipinski definition) is 3. The summed E-state index contributed by atoms with van der Waals surface area (Å²) in [5, 5.41) is 9.05. The van der Waals surface area contributed by atoms with E-state index in [0.717, 1.165) is 5.56 Å². The van der Waals surface area contributed by atoms with E-state index in [1.54, 1.807) is 12.1 Å². The molecule has 3 N–H and O–H groups in total. The van der Waals surface area contributed by atoms with Gasteiger partial charge in [-0.15, -0.1) is 0 Å². The predicted molar refractivity (Wildman–Crippen MR) is 55.4 cm³/mol. The molecule has 0 aliphatic heterocycles. The number of phenols is 1. The van der Waals surface area contributed by atoms with Crippen molar-refractivity contribution in [2.75, 3.05) is 6.67 Å². The van der Waals surface area contributed by atoms with Crippen LogP contribution in [-0.2, 0) is 11.2 Å². The van der Waals surface area contributed by atoms with Crippen LogP contribution >= 0.6 is 0 Å². The number of phenolic OH excluding ortho intramolecular Hbond substituents is 1. The molecule has 1 aromatic carbocycles. The van der Waals surface area contributed by atoms with Crippen LogP contribution in [0.15, 0.2) is 24.3 Å². The van der Waals surface area contributed by atoms with Gasteiger partial charge in [0.1, 0.15) is 18.0 Å². The molecule has 0 spiro atoms. The van der Waals surface area contributed by atoms with Crippen molar-refractivity contribution in [1.29, 1.82) is 0 Å². The Morgan fingerprint density at radius 1 is 1.47 bits per heavy atom. The van der Waals surface area contributed by atoms with Gasteiger partial charge in [0, 0.05) is 6.42 Å². The van der Waals surface area contributed by atoms with Crippen LogP contribution in [0.25, 0.3) is 0 Å². The van der Waals surface area contributed by atoms with Crippen LogP contribution in [0.3, 0.4) is 0 Å². The largest absolute Gasteiger partial charge is 0.508 e. The first kappa shape index (κ1) is 11.7. The summed E-state index contributed by atoms with van der Waals surface area (Å²) in [4.78, 5) is 11.2. The van der Waals surface area contributed by atoms with E-state index in [4.69, 9.17) is 10.8 Å². The third-order valence-corrected chi connectivity index (χ3v) is 2.40. The summed E-state index contributed by atoms with van der Waals surface area (Å²) in [5.74, 6) is -0.248. The fourth-order valence-electron chi connectivity index (χ4n) is 1.24. The molecule has 3 nitrogen and oxygen atoms in total. The number of nitrogens with two attached hydrogens (primary N) is 1. The number of carbonyl (C=O) groups excluding carboxylic acids is 1. The Kier molecular flexibility index (Phi) is 3.42. The van der Waals surface area contributed by atoms with Crippen LogP contribution in [0, 0.1) is 0 Å². The molecule has 1 rings (SSSR count). The maximum absolute atomic E-state index is 12.7. The molecule has 1 aromatic rings. The van der Waals surface area contributed by atoms with Crippen molar-refractivity contribution in [3.8, 4) is 5.75 Å². The predicted octanol–water partition coefficient (Wildman–Crippen LogP) is 1.19. The number of aromatic hydroxyl groups is 1. The van der Waals surface area contributed by atoms with E-state index in [1.165, 1.54) is 19.1 Å². The molecule has 0 unspecified atom stereocenters. The van der Waals surface area contributed by atoms with Crippen LogP contribution in [0.5, 0.6) is 5.75 Å². The Bertz CT molecular complexity index is 350. The van der Waals surface area contributed by atoms with Gasteiger partial charge in [-0.05, 0) is 24.6 Å². The average molecular weight is 211 g/mol. The van der Waals surface area contributed by atoms with Gasteiger partial charge in [-0.2, -0.15) is 0 Å². The summed E-state index contributed by atoms with van der Waals surface area (Å²) in [6.45, 7) is 0.392. The van der Waals surface area contributed by atoms with Gasteiger partial charge < -0.3 is 10.8 Å². The number of Topliss-reactive ketones (excluding diaryl/α,β-unsaturated/α-hetero) is 1. The second kappa shape index (κ2) is 4.40. The highest BCUT2D eigenvalue weighted by atomic mass is 19.1. The molecule has 0 bridgehead atoms. The van der Waals surface area contributed by atoms with Crippen molar-refractivity contribution in [3.05, 3.63) is 29.8 Å².